The number of carbonyl (C=O) groups excluding carboxylic acids is 2. The van der Waals surface area contributed by atoms with Crippen molar-refractivity contribution in [2.45, 2.75) is 24.5 Å². The van der Waals surface area contributed by atoms with Crippen LogP contribution in [0.3, 0.4) is 0 Å². The Kier molecular flexibility index (Phi) is 7.30. The van der Waals surface area contributed by atoms with Crippen LogP contribution in [0.2, 0.25) is 4.71 Å². The molecular weight excluding hydrogens is 583 g/mol. The number of anilines is 1. The zero-order chi connectivity index (χ0) is 28.7. The first-order valence-corrected chi connectivity index (χ1v) is 15.5. The number of benzene rings is 3. The molecule has 9 nitrogen and oxygen atoms in total. The van der Waals surface area contributed by atoms with Gasteiger partial charge in [0.05, 0.1) is 6.54 Å². The molecule has 2 fully saturated rings. The van der Waals surface area contributed by atoms with Crippen molar-refractivity contribution in [2.24, 2.45) is 11.7 Å². The molecular formula is C31H30AsN4O5. The van der Waals surface area contributed by atoms with Gasteiger partial charge in [-0.25, -0.2) is 4.79 Å². The van der Waals surface area contributed by atoms with Crippen LogP contribution in [0.4, 0.5) is 10.5 Å². The summed E-state index contributed by atoms with van der Waals surface area (Å²) in [6.07, 6.45) is 2.14. The molecule has 0 spiro atoms. The van der Waals surface area contributed by atoms with Gasteiger partial charge in [-0.1, -0.05) is 0 Å². The van der Waals surface area contributed by atoms with Crippen LogP contribution in [0, 0.1) is 5.92 Å². The molecule has 2 amide bonds. The van der Waals surface area contributed by atoms with Gasteiger partial charge in [-0.05, 0) is 0 Å². The molecule has 1 aliphatic carbocycles. The van der Waals surface area contributed by atoms with Crippen LogP contribution in [0.15, 0.2) is 54.6 Å². The summed E-state index contributed by atoms with van der Waals surface area (Å²) >= 11 is -0.294. The Labute approximate surface area is 244 Å². The van der Waals surface area contributed by atoms with Gasteiger partial charge in [-0.15, -0.1) is 0 Å². The first kappa shape index (κ1) is 27.1. The Hall–Kier alpha value is -4.10. The number of amides is 2. The van der Waals surface area contributed by atoms with E-state index in [2.05, 4.69) is 23.2 Å². The summed E-state index contributed by atoms with van der Waals surface area (Å²) in [5.74, 6) is 1.53. The van der Waals surface area contributed by atoms with Crippen molar-refractivity contribution in [1.82, 2.24) is 10.2 Å². The molecule has 1 aliphatic heterocycles. The molecule has 2 heterocycles. The van der Waals surface area contributed by atoms with Crippen LogP contribution in [-0.4, -0.2) is 65.3 Å². The molecule has 3 aromatic carbocycles. The van der Waals surface area contributed by atoms with E-state index in [1.54, 1.807) is 19.1 Å². The van der Waals surface area contributed by atoms with Crippen LogP contribution in [0.5, 0.6) is 11.5 Å². The van der Waals surface area contributed by atoms with Gasteiger partial charge in [-0.2, -0.15) is 0 Å². The van der Waals surface area contributed by atoms with Gasteiger partial charge in [0, 0.05) is 0 Å². The number of cyclic esters (lactones) is 1. The van der Waals surface area contributed by atoms with E-state index in [0.29, 0.717) is 34.9 Å². The fraction of sp³-hybridized carbons (Fsp3) is 0.290. The van der Waals surface area contributed by atoms with Crippen LogP contribution in [0.25, 0.3) is 33.2 Å². The van der Waals surface area contributed by atoms with Crippen molar-refractivity contribution in [3.05, 3.63) is 60.3 Å². The van der Waals surface area contributed by atoms with Gasteiger partial charge in [-0.3, -0.25) is 4.90 Å². The zero-order valence-corrected chi connectivity index (χ0v) is 25.0. The maximum absolute atomic E-state index is 12.2. The van der Waals surface area contributed by atoms with E-state index < -0.39 is 5.91 Å². The second-order valence-corrected chi connectivity index (χ2v) is 13.5. The predicted octanol–water partition coefficient (Wildman–Crippen LogP) is 4.58. The Bertz CT molecular complexity index is 1670. The summed E-state index contributed by atoms with van der Waals surface area (Å²) < 4.78 is 18.0. The Morgan fingerprint density at radius 3 is 2.44 bits per heavy atom. The molecule has 1 saturated heterocycles. The van der Waals surface area contributed by atoms with Crippen molar-refractivity contribution >= 4 is 48.7 Å². The van der Waals surface area contributed by atoms with E-state index in [1.165, 1.54) is 12.8 Å². The summed E-state index contributed by atoms with van der Waals surface area (Å²) in [7, 11) is 3.26. The molecule has 6 rings (SSSR count). The number of primary amides is 1. The summed E-state index contributed by atoms with van der Waals surface area (Å²) in [6, 6.07) is 17.7. The monoisotopic (exact) mass is 613 g/mol. The molecule has 4 aromatic rings. The minimum absolute atomic E-state index is 0.287. The summed E-state index contributed by atoms with van der Waals surface area (Å²) in [6.45, 7) is 3.13. The van der Waals surface area contributed by atoms with E-state index in [0.717, 1.165) is 43.6 Å². The van der Waals surface area contributed by atoms with Crippen molar-refractivity contribution < 1.29 is 23.8 Å². The number of ether oxygens (including phenoxy) is 3. The average Bonchev–Trinajstić information content (AvgIpc) is 3.76. The summed E-state index contributed by atoms with van der Waals surface area (Å²) in [5, 5.41) is 9.59. The average molecular weight is 614 g/mol. The molecule has 1 unspecified atom stereocenters. The van der Waals surface area contributed by atoms with Gasteiger partial charge in [0.1, 0.15) is 6.61 Å². The van der Waals surface area contributed by atoms with Gasteiger partial charge in [0.15, 0.2) is 0 Å². The Morgan fingerprint density at radius 1 is 1.00 bits per heavy atom. The fourth-order valence-corrected chi connectivity index (χ4v) is 8.45. The number of hydrogen-bond donors (Lipinski definition) is 1. The van der Waals surface area contributed by atoms with Crippen molar-refractivity contribution in [1.29, 1.82) is 0 Å². The molecule has 10 heteroatoms. The standard InChI is InChI=1S/C31H30AsN4O5/c1-17(18-4-5-18)32-28-23-9-6-20(15-25(23)34-35-29(28)30(33)37)24-14-19(7-11-26(24)39-2)22-10-8-21(16-27(22)40-3)36-12-13-41-31(36)38/h6-11,14-18H,4-5,12-13H2,1-3H3,(H2,33,37). The molecule has 2 N–H and O–H groups in total. The molecule has 41 heavy (non-hydrogen) atoms. The van der Waals surface area contributed by atoms with E-state index >= 15 is 0 Å². The number of aromatic nitrogens is 2. The number of rotatable bonds is 9. The SMILES string of the molecule is COc1cc(N2CCOC2=O)ccc1-c1ccc(OC)c(-c2ccc3c([As]C(C)C4CC4)c(C(N)=O)nnc3c2)c1. The van der Waals surface area contributed by atoms with E-state index in [-0.39, 0.29) is 27.5 Å². The van der Waals surface area contributed by atoms with Crippen molar-refractivity contribution in [3.8, 4) is 33.8 Å². The van der Waals surface area contributed by atoms with Gasteiger partial charge < -0.3 is 4.74 Å². The first-order valence-electron chi connectivity index (χ1n) is 13.5. The third-order valence-corrected chi connectivity index (χ3v) is 10.9. The molecule has 209 valence electrons. The maximum atomic E-state index is 12.2. The number of fused-ring (bicyclic) bond motifs is 1. The van der Waals surface area contributed by atoms with Gasteiger partial charge >= 0.3 is 218 Å². The van der Waals surface area contributed by atoms with Crippen LogP contribution in [-0.2, 0) is 4.74 Å². The quantitative estimate of drug-likeness (QED) is 0.275. The van der Waals surface area contributed by atoms with Crippen molar-refractivity contribution in [2.75, 3.05) is 32.3 Å². The van der Waals surface area contributed by atoms with Crippen LogP contribution in [0.1, 0.15) is 30.3 Å². The number of nitrogens with two attached hydrogens (primary N) is 1. The van der Waals surface area contributed by atoms with Crippen molar-refractivity contribution in [3.63, 3.8) is 0 Å². The number of carbonyl (C=O) groups is 2. The Morgan fingerprint density at radius 2 is 1.76 bits per heavy atom. The van der Waals surface area contributed by atoms with E-state index in [4.69, 9.17) is 19.9 Å². The number of hydrogen-bond acceptors (Lipinski definition) is 7. The third-order valence-electron chi connectivity index (χ3n) is 7.68. The Balaban J connectivity index is 1.41. The second kappa shape index (κ2) is 11.1. The topological polar surface area (TPSA) is 117 Å². The number of nitrogens with zero attached hydrogens (tertiary/aromatic N) is 3. The molecule has 1 atom stereocenters. The minimum atomic E-state index is -0.534. The van der Waals surface area contributed by atoms with Crippen LogP contribution >= 0.6 is 0 Å². The second-order valence-electron chi connectivity index (χ2n) is 10.3. The third kappa shape index (κ3) is 5.22. The fourth-order valence-electron chi connectivity index (χ4n) is 5.26. The van der Waals surface area contributed by atoms with Gasteiger partial charge in [0.2, 0.25) is 0 Å². The van der Waals surface area contributed by atoms with E-state index in [9.17, 15) is 9.59 Å². The molecule has 1 aromatic heterocycles. The first-order chi connectivity index (χ1) is 19.9. The summed E-state index contributed by atoms with van der Waals surface area (Å²) in [5.41, 5.74) is 11.0. The predicted molar refractivity (Wildman–Crippen MR) is 158 cm³/mol. The molecule has 0 bridgehead atoms. The zero-order valence-electron chi connectivity index (χ0n) is 23.1. The number of methoxy groups -OCH3 is 2. The normalized spacial score (nSPS) is 15.9. The molecule has 1 radical (unpaired) electrons. The molecule has 2 aliphatic rings. The van der Waals surface area contributed by atoms with Gasteiger partial charge in [0.25, 0.3) is 0 Å². The van der Waals surface area contributed by atoms with Crippen LogP contribution < -0.4 is 24.5 Å². The summed E-state index contributed by atoms with van der Waals surface area (Å²) in [4.78, 5) is 25.9. The molecule has 1 saturated carbocycles. The van der Waals surface area contributed by atoms with E-state index in [1.807, 2.05) is 48.5 Å².